The van der Waals surface area contributed by atoms with Gasteiger partial charge in [-0.3, -0.25) is 0 Å². The fourth-order valence-electron chi connectivity index (χ4n) is 4.57. The van der Waals surface area contributed by atoms with Crippen LogP contribution < -0.4 is 16.0 Å². The Kier molecular flexibility index (Phi) is 6.20. The van der Waals surface area contributed by atoms with Crippen molar-refractivity contribution in [1.82, 2.24) is 24.9 Å². The molecule has 0 saturated carbocycles. The van der Waals surface area contributed by atoms with E-state index >= 15 is 0 Å². The quantitative estimate of drug-likeness (QED) is 0.181. The number of hydrogen-bond acceptors (Lipinski definition) is 10. The molecule has 0 atom stereocenters. The fourth-order valence-corrected chi connectivity index (χ4v) is 4.57. The van der Waals surface area contributed by atoms with Gasteiger partial charge in [0.15, 0.2) is 11.2 Å². The summed E-state index contributed by atoms with van der Waals surface area (Å²) < 4.78 is 11.9. The van der Waals surface area contributed by atoms with Gasteiger partial charge in [-0.2, -0.15) is 15.0 Å². The SMILES string of the molecule is CNc1nc(Nc2ccc(-c3nc4cc(C)ccc4o3)cc2)nc(Nc2ccc(-c3nc4cc(C)ccc4o3)cc2)n1. The predicted octanol–water partition coefficient (Wildman–Crippen LogP) is 7.63. The molecule has 0 unspecified atom stereocenters. The average Bonchev–Trinajstić information content (AvgIpc) is 3.61. The van der Waals surface area contributed by atoms with Crippen molar-refractivity contribution in [2.75, 3.05) is 23.0 Å². The van der Waals surface area contributed by atoms with Crippen molar-refractivity contribution in [2.45, 2.75) is 13.8 Å². The summed E-state index contributed by atoms with van der Waals surface area (Å²) in [7, 11) is 1.76. The number of aromatic nitrogens is 5. The zero-order chi connectivity index (χ0) is 28.6. The number of rotatable bonds is 7. The minimum atomic E-state index is 0.389. The van der Waals surface area contributed by atoms with Crippen molar-refractivity contribution in [3.8, 4) is 22.9 Å². The Labute approximate surface area is 240 Å². The highest BCUT2D eigenvalue weighted by Gasteiger charge is 2.12. The second kappa shape index (κ2) is 10.3. The topological polar surface area (TPSA) is 127 Å². The average molecular weight is 555 g/mol. The van der Waals surface area contributed by atoms with Gasteiger partial charge in [-0.1, -0.05) is 12.1 Å². The normalized spacial score (nSPS) is 11.2. The van der Waals surface area contributed by atoms with Gasteiger partial charge in [0, 0.05) is 29.5 Å². The van der Waals surface area contributed by atoms with Crippen molar-refractivity contribution in [3.63, 3.8) is 0 Å². The molecule has 0 bridgehead atoms. The van der Waals surface area contributed by atoms with E-state index in [2.05, 4.69) is 40.9 Å². The van der Waals surface area contributed by atoms with Crippen LogP contribution in [0.2, 0.25) is 0 Å². The van der Waals surface area contributed by atoms with Gasteiger partial charge in [0.05, 0.1) is 0 Å². The van der Waals surface area contributed by atoms with Crippen LogP contribution in [0.15, 0.2) is 93.8 Å². The first-order valence-electron chi connectivity index (χ1n) is 13.4. The number of nitrogens with zero attached hydrogens (tertiary/aromatic N) is 5. The molecular formula is C32H26N8O2. The first-order chi connectivity index (χ1) is 20.5. The van der Waals surface area contributed by atoms with Crippen molar-refractivity contribution < 1.29 is 8.83 Å². The molecule has 42 heavy (non-hydrogen) atoms. The largest absolute Gasteiger partial charge is 0.436 e. The lowest BCUT2D eigenvalue weighted by molar-refractivity contribution is 0.619. The third-order valence-corrected chi connectivity index (χ3v) is 6.72. The smallest absolute Gasteiger partial charge is 0.233 e. The Balaban J connectivity index is 1.07. The molecule has 3 aromatic heterocycles. The number of anilines is 5. The highest BCUT2D eigenvalue weighted by atomic mass is 16.4. The summed E-state index contributed by atoms with van der Waals surface area (Å²) >= 11 is 0. The molecule has 7 aromatic rings. The molecule has 0 aliphatic heterocycles. The third kappa shape index (κ3) is 5.08. The Bertz CT molecular complexity index is 1900. The van der Waals surface area contributed by atoms with E-state index in [9.17, 15) is 0 Å². The van der Waals surface area contributed by atoms with Crippen LogP contribution in [0, 0.1) is 13.8 Å². The Morgan fingerprint density at radius 3 is 1.36 bits per heavy atom. The summed E-state index contributed by atoms with van der Waals surface area (Å²) in [5.41, 5.74) is 8.85. The lowest BCUT2D eigenvalue weighted by Gasteiger charge is -2.10. The van der Waals surface area contributed by atoms with Crippen molar-refractivity contribution in [3.05, 3.63) is 96.1 Å². The highest BCUT2D eigenvalue weighted by molar-refractivity contribution is 5.78. The molecule has 10 nitrogen and oxygen atoms in total. The van der Waals surface area contributed by atoms with E-state index < -0.39 is 0 Å². The van der Waals surface area contributed by atoms with Crippen LogP contribution in [0.4, 0.5) is 29.2 Å². The lowest BCUT2D eigenvalue weighted by atomic mass is 10.2. The minimum absolute atomic E-state index is 0.389. The summed E-state index contributed by atoms with van der Waals surface area (Å²) in [6.07, 6.45) is 0. The van der Waals surface area contributed by atoms with Gasteiger partial charge in [-0.25, -0.2) is 9.97 Å². The van der Waals surface area contributed by atoms with Crippen LogP contribution in [0.25, 0.3) is 45.1 Å². The van der Waals surface area contributed by atoms with Crippen LogP contribution in [0.1, 0.15) is 11.1 Å². The predicted molar refractivity (Wildman–Crippen MR) is 164 cm³/mol. The third-order valence-electron chi connectivity index (χ3n) is 6.72. The summed E-state index contributed by atoms with van der Waals surface area (Å²) in [4.78, 5) is 22.7. The van der Waals surface area contributed by atoms with Crippen LogP contribution >= 0.6 is 0 Å². The number of benzene rings is 4. The van der Waals surface area contributed by atoms with E-state index in [0.29, 0.717) is 29.6 Å². The minimum Gasteiger partial charge on any atom is -0.436 e. The summed E-state index contributed by atoms with van der Waals surface area (Å²) in [5.74, 6) is 2.35. The van der Waals surface area contributed by atoms with Crippen molar-refractivity contribution in [2.24, 2.45) is 0 Å². The molecule has 0 aliphatic rings. The molecule has 0 amide bonds. The molecule has 3 N–H and O–H groups in total. The number of aryl methyl sites for hydroxylation is 2. The van der Waals surface area contributed by atoms with Crippen LogP contribution in [-0.2, 0) is 0 Å². The Hall–Kier alpha value is -5.77. The van der Waals surface area contributed by atoms with Gasteiger partial charge in [0.1, 0.15) is 11.0 Å². The van der Waals surface area contributed by atoms with E-state index in [1.54, 1.807) is 7.05 Å². The summed E-state index contributed by atoms with van der Waals surface area (Å²) in [6.45, 7) is 4.07. The first kappa shape index (κ1) is 25.2. The van der Waals surface area contributed by atoms with Crippen molar-refractivity contribution >= 4 is 51.4 Å². The Morgan fingerprint density at radius 2 is 0.929 bits per heavy atom. The molecule has 4 aromatic carbocycles. The second-order valence-electron chi connectivity index (χ2n) is 9.94. The van der Waals surface area contributed by atoms with Gasteiger partial charge < -0.3 is 24.8 Å². The van der Waals surface area contributed by atoms with Crippen LogP contribution in [-0.4, -0.2) is 32.0 Å². The molecule has 0 fully saturated rings. The van der Waals surface area contributed by atoms with Gasteiger partial charge in [-0.15, -0.1) is 0 Å². The molecule has 0 radical (unpaired) electrons. The molecule has 7 rings (SSSR count). The molecule has 0 spiro atoms. The van der Waals surface area contributed by atoms with Gasteiger partial charge in [-0.05, 0) is 97.8 Å². The molecular weight excluding hydrogens is 528 g/mol. The number of hydrogen-bond donors (Lipinski definition) is 3. The number of fused-ring (bicyclic) bond motifs is 2. The lowest BCUT2D eigenvalue weighted by Crippen LogP contribution is -2.07. The molecule has 206 valence electrons. The van der Waals surface area contributed by atoms with E-state index in [4.69, 9.17) is 8.83 Å². The number of nitrogens with one attached hydrogen (secondary N) is 3. The highest BCUT2D eigenvalue weighted by Crippen LogP contribution is 2.28. The molecule has 3 heterocycles. The maximum Gasteiger partial charge on any atom is 0.233 e. The Morgan fingerprint density at radius 1 is 0.500 bits per heavy atom. The monoisotopic (exact) mass is 554 g/mol. The van der Waals surface area contributed by atoms with E-state index in [1.807, 2.05) is 98.8 Å². The maximum absolute atomic E-state index is 5.93. The summed E-state index contributed by atoms with van der Waals surface area (Å²) in [6, 6.07) is 27.4. The maximum atomic E-state index is 5.93. The first-order valence-corrected chi connectivity index (χ1v) is 13.4. The fraction of sp³-hybridized carbons (Fsp3) is 0.0938. The second-order valence-corrected chi connectivity index (χ2v) is 9.94. The zero-order valence-corrected chi connectivity index (χ0v) is 23.1. The van der Waals surface area contributed by atoms with Gasteiger partial charge in [0.2, 0.25) is 29.6 Å². The van der Waals surface area contributed by atoms with Crippen molar-refractivity contribution in [1.29, 1.82) is 0 Å². The standard InChI is InChI=1S/C32H26N8O2/c1-18-4-14-26-24(16-18)36-28(41-26)20-6-10-22(11-7-20)34-31-38-30(33-3)39-32(40-31)35-23-12-8-21(9-13-23)29-37-25-17-19(2)5-15-27(25)42-29/h4-17H,1-3H3,(H3,33,34,35,38,39,40). The van der Waals surface area contributed by atoms with Gasteiger partial charge in [0.25, 0.3) is 0 Å². The van der Waals surface area contributed by atoms with E-state index in [0.717, 1.165) is 55.8 Å². The number of oxazole rings is 2. The van der Waals surface area contributed by atoms with E-state index in [-0.39, 0.29) is 0 Å². The zero-order valence-electron chi connectivity index (χ0n) is 23.1. The van der Waals surface area contributed by atoms with Crippen LogP contribution in [0.5, 0.6) is 0 Å². The van der Waals surface area contributed by atoms with Crippen LogP contribution in [0.3, 0.4) is 0 Å². The summed E-state index contributed by atoms with van der Waals surface area (Å²) in [5, 5.41) is 9.49. The molecule has 0 aliphatic carbocycles. The molecule has 0 saturated heterocycles. The molecule has 10 heteroatoms. The van der Waals surface area contributed by atoms with E-state index in [1.165, 1.54) is 0 Å². The van der Waals surface area contributed by atoms with Gasteiger partial charge >= 0.3 is 0 Å².